The van der Waals surface area contributed by atoms with Crippen molar-refractivity contribution < 1.29 is 0 Å². The van der Waals surface area contributed by atoms with Crippen LogP contribution in [0.5, 0.6) is 0 Å². The number of nitrogens with two attached hydrogens (primary N) is 1. The van der Waals surface area contributed by atoms with E-state index in [1.54, 1.807) is 0 Å². The summed E-state index contributed by atoms with van der Waals surface area (Å²) in [7, 11) is 0. The van der Waals surface area contributed by atoms with E-state index in [0.29, 0.717) is 6.04 Å². The molecule has 1 aromatic carbocycles. The molecule has 1 aliphatic heterocycles. The second-order valence-electron chi connectivity index (χ2n) is 5.59. The van der Waals surface area contributed by atoms with Gasteiger partial charge in [-0.3, -0.25) is 0 Å². The van der Waals surface area contributed by atoms with Gasteiger partial charge in [0.1, 0.15) is 0 Å². The van der Waals surface area contributed by atoms with Crippen LogP contribution in [0.15, 0.2) is 35.2 Å². The summed E-state index contributed by atoms with van der Waals surface area (Å²) in [4.78, 5) is 4.00. The van der Waals surface area contributed by atoms with Crippen molar-refractivity contribution in [3.63, 3.8) is 0 Å². The molecule has 18 heavy (non-hydrogen) atoms. The van der Waals surface area contributed by atoms with E-state index >= 15 is 0 Å². The molecule has 2 N–H and O–H groups in total. The predicted molar refractivity (Wildman–Crippen MR) is 77.8 cm³/mol. The normalized spacial score (nSPS) is 31.7. The quantitative estimate of drug-likeness (QED) is 0.845. The maximum atomic E-state index is 6.17. The lowest BCUT2D eigenvalue weighted by Gasteiger charge is -2.17. The Morgan fingerprint density at radius 3 is 2.78 bits per heavy atom. The fourth-order valence-electron chi connectivity index (χ4n) is 3.39. The van der Waals surface area contributed by atoms with Crippen LogP contribution in [0.4, 0.5) is 0 Å². The first-order valence-corrected chi connectivity index (χ1v) is 7.97. The fraction of sp³-hybridized carbons (Fsp3) is 0.600. The molecule has 0 radical (unpaired) electrons. The SMILES string of the molecule is NC1CCC2CN(CCSc3ccccc3)CC12. The lowest BCUT2D eigenvalue weighted by molar-refractivity contribution is 0.324. The molecule has 2 aliphatic rings. The largest absolute Gasteiger partial charge is 0.327 e. The molecular weight excluding hydrogens is 240 g/mol. The monoisotopic (exact) mass is 262 g/mol. The summed E-state index contributed by atoms with van der Waals surface area (Å²) in [5, 5.41) is 0. The van der Waals surface area contributed by atoms with Crippen LogP contribution in [0.1, 0.15) is 12.8 Å². The van der Waals surface area contributed by atoms with Crippen LogP contribution in [-0.2, 0) is 0 Å². The number of benzene rings is 1. The Labute approximate surface area is 114 Å². The highest BCUT2D eigenvalue weighted by Crippen LogP contribution is 2.37. The van der Waals surface area contributed by atoms with Crippen molar-refractivity contribution in [1.29, 1.82) is 0 Å². The molecule has 2 nitrogen and oxygen atoms in total. The molecule has 98 valence electrons. The molecule has 3 atom stereocenters. The number of hydrogen-bond donors (Lipinski definition) is 1. The highest BCUT2D eigenvalue weighted by molar-refractivity contribution is 7.99. The fourth-order valence-corrected chi connectivity index (χ4v) is 4.33. The first kappa shape index (κ1) is 12.5. The van der Waals surface area contributed by atoms with Crippen LogP contribution < -0.4 is 5.73 Å². The molecule has 3 rings (SSSR count). The van der Waals surface area contributed by atoms with Gasteiger partial charge in [-0.2, -0.15) is 0 Å². The van der Waals surface area contributed by atoms with Crippen LogP contribution in [0.25, 0.3) is 0 Å². The predicted octanol–water partition coefficient (Wildman–Crippen LogP) is 2.45. The van der Waals surface area contributed by atoms with E-state index in [1.807, 2.05) is 11.8 Å². The van der Waals surface area contributed by atoms with Crippen LogP contribution in [-0.4, -0.2) is 36.3 Å². The second-order valence-corrected chi connectivity index (χ2v) is 6.75. The summed E-state index contributed by atoms with van der Waals surface area (Å²) >= 11 is 1.96. The smallest absolute Gasteiger partial charge is 0.0108 e. The third kappa shape index (κ3) is 2.73. The van der Waals surface area contributed by atoms with Gasteiger partial charge in [-0.1, -0.05) is 18.2 Å². The number of hydrogen-bond acceptors (Lipinski definition) is 3. The summed E-state index contributed by atoms with van der Waals surface area (Å²) in [6.45, 7) is 3.73. The van der Waals surface area contributed by atoms with E-state index in [0.717, 1.165) is 11.8 Å². The van der Waals surface area contributed by atoms with Crippen molar-refractivity contribution in [3.05, 3.63) is 30.3 Å². The van der Waals surface area contributed by atoms with Crippen molar-refractivity contribution in [2.45, 2.75) is 23.8 Å². The molecule has 0 bridgehead atoms. The number of thioether (sulfide) groups is 1. The molecular formula is C15H22N2S. The van der Waals surface area contributed by atoms with Gasteiger partial charge in [-0.25, -0.2) is 0 Å². The number of rotatable bonds is 4. The third-order valence-corrected chi connectivity index (χ3v) is 5.40. The maximum Gasteiger partial charge on any atom is 0.0108 e. The third-order valence-electron chi connectivity index (χ3n) is 4.41. The van der Waals surface area contributed by atoms with Crippen molar-refractivity contribution in [3.8, 4) is 0 Å². The minimum Gasteiger partial charge on any atom is -0.327 e. The van der Waals surface area contributed by atoms with Crippen molar-refractivity contribution in [2.75, 3.05) is 25.4 Å². The Bertz CT molecular complexity index is 381. The standard InChI is InChI=1S/C15H22N2S/c16-15-7-6-12-10-17(11-14(12)15)8-9-18-13-4-2-1-3-5-13/h1-5,12,14-15H,6-11,16H2. The summed E-state index contributed by atoms with van der Waals surface area (Å²) < 4.78 is 0. The van der Waals surface area contributed by atoms with Gasteiger partial charge in [0.05, 0.1) is 0 Å². The molecule has 1 aromatic rings. The minimum atomic E-state index is 0.474. The molecule has 2 fully saturated rings. The van der Waals surface area contributed by atoms with Crippen LogP contribution in [0.2, 0.25) is 0 Å². The summed E-state index contributed by atoms with van der Waals surface area (Å²) in [6, 6.07) is 11.2. The molecule has 0 amide bonds. The Balaban J connectivity index is 1.43. The molecule has 0 aromatic heterocycles. The van der Waals surface area contributed by atoms with E-state index in [2.05, 4.69) is 35.2 Å². The summed E-state index contributed by atoms with van der Waals surface area (Å²) in [6.07, 6.45) is 2.61. The Morgan fingerprint density at radius 1 is 1.17 bits per heavy atom. The average molecular weight is 262 g/mol. The van der Waals surface area contributed by atoms with E-state index in [9.17, 15) is 0 Å². The van der Waals surface area contributed by atoms with Crippen LogP contribution >= 0.6 is 11.8 Å². The zero-order valence-corrected chi connectivity index (χ0v) is 11.6. The Morgan fingerprint density at radius 2 is 2.00 bits per heavy atom. The van der Waals surface area contributed by atoms with Gasteiger partial charge in [0.15, 0.2) is 0 Å². The summed E-state index contributed by atoms with van der Waals surface area (Å²) in [5.74, 6) is 2.87. The molecule has 1 saturated heterocycles. The van der Waals surface area contributed by atoms with Crippen molar-refractivity contribution in [2.24, 2.45) is 17.6 Å². The van der Waals surface area contributed by atoms with Gasteiger partial charge in [-0.05, 0) is 36.8 Å². The number of likely N-dealkylation sites (tertiary alicyclic amines) is 1. The van der Waals surface area contributed by atoms with Crippen molar-refractivity contribution in [1.82, 2.24) is 4.90 Å². The Hall–Kier alpha value is -0.510. The van der Waals surface area contributed by atoms with Crippen LogP contribution in [0.3, 0.4) is 0 Å². The van der Waals surface area contributed by atoms with Crippen LogP contribution in [0, 0.1) is 11.8 Å². The highest BCUT2D eigenvalue weighted by Gasteiger charge is 2.40. The lowest BCUT2D eigenvalue weighted by Crippen LogP contribution is -2.31. The van der Waals surface area contributed by atoms with Gasteiger partial charge < -0.3 is 10.6 Å². The first-order chi connectivity index (χ1) is 8.83. The van der Waals surface area contributed by atoms with Gasteiger partial charge in [0, 0.05) is 36.3 Å². The lowest BCUT2D eigenvalue weighted by atomic mass is 9.98. The maximum absolute atomic E-state index is 6.17. The molecule has 0 spiro atoms. The summed E-state index contributed by atoms with van der Waals surface area (Å²) in [5.41, 5.74) is 6.17. The first-order valence-electron chi connectivity index (χ1n) is 6.99. The van der Waals surface area contributed by atoms with Gasteiger partial charge in [0.25, 0.3) is 0 Å². The van der Waals surface area contributed by atoms with E-state index in [-0.39, 0.29) is 0 Å². The van der Waals surface area contributed by atoms with E-state index in [1.165, 1.54) is 43.1 Å². The molecule has 1 aliphatic carbocycles. The molecule has 1 saturated carbocycles. The highest BCUT2D eigenvalue weighted by atomic mass is 32.2. The van der Waals surface area contributed by atoms with Crippen molar-refractivity contribution >= 4 is 11.8 Å². The zero-order valence-electron chi connectivity index (χ0n) is 10.8. The average Bonchev–Trinajstić information content (AvgIpc) is 2.94. The van der Waals surface area contributed by atoms with Gasteiger partial charge in [0.2, 0.25) is 0 Å². The molecule has 3 unspecified atom stereocenters. The number of fused-ring (bicyclic) bond motifs is 1. The number of nitrogens with zero attached hydrogens (tertiary/aromatic N) is 1. The Kier molecular flexibility index (Phi) is 3.92. The zero-order chi connectivity index (χ0) is 12.4. The van der Waals surface area contributed by atoms with Gasteiger partial charge in [-0.15, -0.1) is 11.8 Å². The second kappa shape index (κ2) is 5.64. The topological polar surface area (TPSA) is 29.3 Å². The van der Waals surface area contributed by atoms with Gasteiger partial charge >= 0.3 is 0 Å². The molecule has 3 heteroatoms. The molecule has 1 heterocycles. The minimum absolute atomic E-state index is 0.474. The van der Waals surface area contributed by atoms with E-state index in [4.69, 9.17) is 5.73 Å². The van der Waals surface area contributed by atoms with E-state index < -0.39 is 0 Å².